The van der Waals surface area contributed by atoms with Gasteiger partial charge in [0.2, 0.25) is 12.7 Å². The lowest BCUT2D eigenvalue weighted by Crippen LogP contribution is -2.48. The lowest BCUT2D eigenvalue weighted by atomic mass is 9.97. The molecule has 2 aliphatic heterocycles. The van der Waals surface area contributed by atoms with Crippen LogP contribution in [-0.4, -0.2) is 48.7 Å². The first-order chi connectivity index (χ1) is 13.8. The van der Waals surface area contributed by atoms with E-state index in [1.165, 1.54) is 16.7 Å². The van der Waals surface area contributed by atoms with Crippen molar-refractivity contribution < 1.29 is 14.3 Å². The van der Waals surface area contributed by atoms with Gasteiger partial charge in [-0.15, -0.1) is 0 Å². The molecule has 0 spiro atoms. The maximum absolute atomic E-state index is 12.8. The molecule has 0 saturated carbocycles. The average Bonchev–Trinajstić information content (AvgIpc) is 3.35. The molecule has 5 heteroatoms. The fraction of sp³-hybridized carbons (Fsp3) is 0.435. The van der Waals surface area contributed by atoms with Crippen molar-refractivity contribution in [1.82, 2.24) is 9.80 Å². The molecule has 1 atom stereocenters. The first kappa shape index (κ1) is 17.6. The molecule has 146 valence electrons. The van der Waals surface area contributed by atoms with E-state index in [4.69, 9.17) is 9.47 Å². The van der Waals surface area contributed by atoms with Crippen LogP contribution in [0.4, 0.5) is 0 Å². The van der Waals surface area contributed by atoms with E-state index >= 15 is 0 Å². The van der Waals surface area contributed by atoms with Gasteiger partial charge in [-0.2, -0.15) is 0 Å². The summed E-state index contributed by atoms with van der Waals surface area (Å²) in [6.45, 7) is 4.66. The van der Waals surface area contributed by atoms with Crippen molar-refractivity contribution in [3.8, 4) is 11.5 Å². The second-order valence-corrected chi connectivity index (χ2v) is 7.98. The Labute approximate surface area is 165 Å². The Kier molecular flexibility index (Phi) is 4.69. The fourth-order valence-electron chi connectivity index (χ4n) is 4.65. The molecular weight excluding hydrogens is 352 g/mol. The van der Waals surface area contributed by atoms with Crippen molar-refractivity contribution in [2.45, 2.75) is 31.7 Å². The Morgan fingerprint density at radius 2 is 1.82 bits per heavy atom. The monoisotopic (exact) mass is 378 g/mol. The van der Waals surface area contributed by atoms with Crippen molar-refractivity contribution in [2.24, 2.45) is 0 Å². The van der Waals surface area contributed by atoms with Crippen molar-refractivity contribution in [3.63, 3.8) is 0 Å². The quantitative estimate of drug-likeness (QED) is 0.820. The van der Waals surface area contributed by atoms with Crippen LogP contribution >= 0.6 is 0 Å². The summed E-state index contributed by atoms with van der Waals surface area (Å²) in [4.78, 5) is 17.3. The number of carbonyl (C=O) groups is 1. The molecule has 0 unspecified atom stereocenters. The van der Waals surface area contributed by atoms with E-state index in [1.54, 1.807) is 0 Å². The molecule has 1 saturated heterocycles. The Bertz CT molecular complexity index is 874. The predicted octanol–water partition coefficient (Wildman–Crippen LogP) is 3.18. The summed E-state index contributed by atoms with van der Waals surface area (Å²) in [7, 11) is 0. The van der Waals surface area contributed by atoms with E-state index in [0.717, 1.165) is 57.1 Å². The second-order valence-electron chi connectivity index (χ2n) is 7.98. The second kappa shape index (κ2) is 7.47. The minimum absolute atomic E-state index is 0.310. The Hall–Kier alpha value is -2.53. The molecule has 1 amide bonds. The maximum atomic E-state index is 12.8. The van der Waals surface area contributed by atoms with Gasteiger partial charge in [0.05, 0.1) is 0 Å². The topological polar surface area (TPSA) is 42.0 Å². The number of benzene rings is 2. The molecule has 0 radical (unpaired) electrons. The molecule has 1 fully saturated rings. The van der Waals surface area contributed by atoms with Gasteiger partial charge in [0.25, 0.3) is 0 Å². The van der Waals surface area contributed by atoms with Crippen LogP contribution in [0.1, 0.15) is 35.4 Å². The smallest absolute Gasteiger partial charge is 0.231 e. The number of rotatable bonds is 4. The van der Waals surface area contributed by atoms with Gasteiger partial charge < -0.3 is 14.4 Å². The van der Waals surface area contributed by atoms with Crippen molar-refractivity contribution in [1.29, 1.82) is 0 Å². The summed E-state index contributed by atoms with van der Waals surface area (Å²) in [5.74, 6) is 2.37. The van der Waals surface area contributed by atoms with E-state index in [2.05, 4.69) is 46.2 Å². The van der Waals surface area contributed by atoms with E-state index in [1.807, 2.05) is 6.07 Å². The largest absolute Gasteiger partial charge is 0.454 e. The minimum atomic E-state index is 0.310. The Morgan fingerprint density at radius 1 is 1.00 bits per heavy atom. The van der Waals surface area contributed by atoms with Crippen molar-refractivity contribution in [3.05, 3.63) is 59.2 Å². The molecule has 2 heterocycles. The highest BCUT2D eigenvalue weighted by Crippen LogP contribution is 2.36. The third kappa shape index (κ3) is 3.47. The molecule has 3 aliphatic rings. The molecule has 0 N–H and O–H groups in total. The van der Waals surface area contributed by atoms with E-state index in [9.17, 15) is 4.79 Å². The number of aryl methyl sites for hydroxylation is 1. The summed E-state index contributed by atoms with van der Waals surface area (Å²) in [6.07, 6.45) is 2.87. The molecule has 0 aromatic heterocycles. The average molecular weight is 378 g/mol. The summed E-state index contributed by atoms with van der Waals surface area (Å²) in [5.41, 5.74) is 4.04. The highest BCUT2D eigenvalue weighted by molar-refractivity contribution is 5.77. The molecule has 0 bridgehead atoms. The lowest BCUT2D eigenvalue weighted by Gasteiger charge is -2.35. The molecule has 1 aliphatic carbocycles. The SMILES string of the molecule is O=C(C[C@H]1CCc2ccccc21)N1CCN(Cc2ccc3c(c2)OCO3)CC1. The van der Waals surface area contributed by atoms with Gasteiger partial charge in [-0.05, 0) is 47.6 Å². The van der Waals surface area contributed by atoms with Crippen molar-refractivity contribution in [2.75, 3.05) is 33.0 Å². The van der Waals surface area contributed by atoms with Gasteiger partial charge >= 0.3 is 0 Å². The van der Waals surface area contributed by atoms with Crippen LogP contribution in [0.25, 0.3) is 0 Å². The Morgan fingerprint density at radius 3 is 2.71 bits per heavy atom. The van der Waals surface area contributed by atoms with Gasteiger partial charge in [0.1, 0.15) is 0 Å². The predicted molar refractivity (Wildman–Crippen MR) is 107 cm³/mol. The van der Waals surface area contributed by atoms with E-state index in [0.29, 0.717) is 25.0 Å². The Balaban J connectivity index is 1.14. The van der Waals surface area contributed by atoms with Gasteiger partial charge in [-0.25, -0.2) is 0 Å². The molecule has 5 rings (SSSR count). The number of carbonyl (C=O) groups excluding carboxylic acids is 1. The van der Waals surface area contributed by atoms with Crippen LogP contribution in [0, 0.1) is 0 Å². The van der Waals surface area contributed by atoms with Gasteiger partial charge in [-0.3, -0.25) is 9.69 Å². The van der Waals surface area contributed by atoms with Crippen molar-refractivity contribution >= 4 is 5.91 Å². The van der Waals surface area contributed by atoms with Gasteiger partial charge in [0, 0.05) is 39.1 Å². The summed E-state index contributed by atoms with van der Waals surface area (Å²) in [6, 6.07) is 14.7. The zero-order valence-corrected chi connectivity index (χ0v) is 16.1. The summed E-state index contributed by atoms with van der Waals surface area (Å²) in [5, 5.41) is 0. The summed E-state index contributed by atoms with van der Waals surface area (Å²) < 4.78 is 10.9. The molecular formula is C23H26N2O3. The van der Waals surface area contributed by atoms with Gasteiger partial charge in [0.15, 0.2) is 11.5 Å². The molecule has 28 heavy (non-hydrogen) atoms. The first-order valence-electron chi connectivity index (χ1n) is 10.2. The lowest BCUT2D eigenvalue weighted by molar-refractivity contribution is -0.133. The van der Waals surface area contributed by atoms with E-state index in [-0.39, 0.29) is 0 Å². The number of amides is 1. The van der Waals surface area contributed by atoms with Crippen LogP contribution in [-0.2, 0) is 17.8 Å². The van der Waals surface area contributed by atoms with Gasteiger partial charge in [-0.1, -0.05) is 30.3 Å². The molecule has 2 aromatic carbocycles. The van der Waals surface area contributed by atoms with Crippen LogP contribution in [0.15, 0.2) is 42.5 Å². The fourth-order valence-corrected chi connectivity index (χ4v) is 4.65. The number of ether oxygens (including phenoxy) is 2. The highest BCUT2D eigenvalue weighted by Gasteiger charge is 2.28. The normalized spacial score (nSPS) is 21.0. The molecule has 2 aromatic rings. The van der Waals surface area contributed by atoms with E-state index < -0.39 is 0 Å². The van der Waals surface area contributed by atoms with Crippen LogP contribution in [0.3, 0.4) is 0 Å². The van der Waals surface area contributed by atoms with Crippen LogP contribution < -0.4 is 9.47 Å². The number of hydrogen-bond donors (Lipinski definition) is 0. The zero-order chi connectivity index (χ0) is 18.9. The standard InChI is InChI=1S/C23H26N2O3/c26-23(14-19-7-6-18-3-1-2-4-20(18)19)25-11-9-24(10-12-25)15-17-5-8-21-22(13-17)28-16-27-21/h1-5,8,13,19H,6-7,9-12,14-16H2/t19-/m1/s1. The first-order valence-corrected chi connectivity index (χ1v) is 10.2. The highest BCUT2D eigenvalue weighted by atomic mass is 16.7. The third-order valence-electron chi connectivity index (χ3n) is 6.25. The van der Waals surface area contributed by atoms with Crippen LogP contribution in [0.5, 0.6) is 11.5 Å². The number of piperazine rings is 1. The maximum Gasteiger partial charge on any atom is 0.231 e. The zero-order valence-electron chi connectivity index (χ0n) is 16.1. The minimum Gasteiger partial charge on any atom is -0.454 e. The third-order valence-corrected chi connectivity index (χ3v) is 6.25. The summed E-state index contributed by atoms with van der Waals surface area (Å²) >= 11 is 0. The number of fused-ring (bicyclic) bond motifs is 2. The van der Waals surface area contributed by atoms with Crippen LogP contribution in [0.2, 0.25) is 0 Å². The number of nitrogens with zero attached hydrogens (tertiary/aromatic N) is 2. The number of hydrogen-bond acceptors (Lipinski definition) is 4. The molecule has 5 nitrogen and oxygen atoms in total.